The second-order valence-corrected chi connectivity index (χ2v) is 5.80. The number of nitrogens with two attached hydrogens (primary N) is 1. The van der Waals surface area contributed by atoms with E-state index in [1.165, 1.54) is 18.4 Å². The van der Waals surface area contributed by atoms with Crippen LogP contribution in [0.2, 0.25) is 0 Å². The highest BCUT2D eigenvalue weighted by molar-refractivity contribution is 7.09. The molecule has 0 saturated carbocycles. The minimum Gasteiger partial charge on any atom is -0.368 e. The monoisotopic (exact) mass is 275 g/mol. The molecule has 6 heteroatoms. The summed E-state index contributed by atoms with van der Waals surface area (Å²) in [6.45, 7) is 0.764. The molecule has 2 aromatic heterocycles. The van der Waals surface area contributed by atoms with Gasteiger partial charge in [-0.3, -0.25) is 0 Å². The number of aryl methyl sites for hydroxylation is 1. The van der Waals surface area contributed by atoms with Crippen molar-refractivity contribution < 1.29 is 0 Å². The van der Waals surface area contributed by atoms with Crippen molar-refractivity contribution in [1.29, 1.82) is 0 Å². The Bertz CT molecular complexity index is 567. The van der Waals surface area contributed by atoms with Gasteiger partial charge in [-0.1, -0.05) is 0 Å². The minimum absolute atomic E-state index is 0.377. The summed E-state index contributed by atoms with van der Waals surface area (Å²) >= 11 is 1.66. The van der Waals surface area contributed by atoms with E-state index in [-0.39, 0.29) is 0 Å². The van der Waals surface area contributed by atoms with E-state index in [4.69, 9.17) is 5.73 Å². The van der Waals surface area contributed by atoms with Crippen LogP contribution in [-0.4, -0.2) is 22.0 Å². The fourth-order valence-corrected chi connectivity index (χ4v) is 3.19. The van der Waals surface area contributed by atoms with Gasteiger partial charge in [0.15, 0.2) is 0 Å². The van der Waals surface area contributed by atoms with E-state index in [1.54, 1.807) is 11.3 Å². The number of rotatable bonds is 3. The third kappa shape index (κ3) is 2.53. The highest BCUT2D eigenvalue weighted by Crippen LogP contribution is 2.28. The molecule has 100 valence electrons. The van der Waals surface area contributed by atoms with Crippen LogP contribution in [0.15, 0.2) is 11.6 Å². The smallest absolute Gasteiger partial charge is 0.222 e. The molecule has 2 aromatic rings. The van der Waals surface area contributed by atoms with Crippen LogP contribution < -0.4 is 10.6 Å². The first-order valence-electron chi connectivity index (χ1n) is 6.49. The average molecular weight is 275 g/mol. The molecule has 0 radical (unpaired) electrons. The SMILES string of the molecule is CN(Cc1nccs1)c1nc(N)nc2c1CCCC2. The highest BCUT2D eigenvalue weighted by Gasteiger charge is 2.19. The van der Waals surface area contributed by atoms with Crippen molar-refractivity contribution in [2.45, 2.75) is 32.2 Å². The number of fused-ring (bicyclic) bond motifs is 1. The quantitative estimate of drug-likeness (QED) is 0.928. The molecule has 0 atom stereocenters. The zero-order valence-corrected chi connectivity index (χ0v) is 11.8. The van der Waals surface area contributed by atoms with Gasteiger partial charge < -0.3 is 10.6 Å². The van der Waals surface area contributed by atoms with Gasteiger partial charge >= 0.3 is 0 Å². The Hall–Kier alpha value is -1.69. The van der Waals surface area contributed by atoms with Gasteiger partial charge in [-0.2, -0.15) is 4.98 Å². The van der Waals surface area contributed by atoms with Crippen molar-refractivity contribution in [1.82, 2.24) is 15.0 Å². The number of thiazole rings is 1. The lowest BCUT2D eigenvalue weighted by Crippen LogP contribution is -2.23. The van der Waals surface area contributed by atoms with Crippen LogP contribution in [0.3, 0.4) is 0 Å². The first kappa shape index (κ1) is 12.3. The molecular weight excluding hydrogens is 258 g/mol. The first-order chi connectivity index (χ1) is 9.24. The zero-order valence-electron chi connectivity index (χ0n) is 11.0. The molecular formula is C13H17N5S. The summed E-state index contributed by atoms with van der Waals surface area (Å²) in [4.78, 5) is 15.3. The summed E-state index contributed by atoms with van der Waals surface area (Å²) in [5, 5.41) is 3.08. The van der Waals surface area contributed by atoms with E-state index >= 15 is 0 Å². The lowest BCUT2D eigenvalue weighted by Gasteiger charge is -2.24. The number of hydrogen-bond acceptors (Lipinski definition) is 6. The highest BCUT2D eigenvalue weighted by atomic mass is 32.1. The van der Waals surface area contributed by atoms with Gasteiger partial charge in [0.05, 0.1) is 12.2 Å². The van der Waals surface area contributed by atoms with E-state index in [2.05, 4.69) is 19.9 Å². The topological polar surface area (TPSA) is 67.9 Å². The van der Waals surface area contributed by atoms with Crippen LogP contribution in [0.25, 0.3) is 0 Å². The summed E-state index contributed by atoms with van der Waals surface area (Å²) in [6, 6.07) is 0. The van der Waals surface area contributed by atoms with Crippen LogP contribution in [-0.2, 0) is 19.4 Å². The second kappa shape index (κ2) is 5.13. The van der Waals surface area contributed by atoms with Crippen molar-refractivity contribution in [2.75, 3.05) is 17.7 Å². The molecule has 0 fully saturated rings. The Morgan fingerprint density at radius 3 is 2.95 bits per heavy atom. The standard InChI is InChI=1S/C13H17N5S/c1-18(8-11-15-6-7-19-11)12-9-4-2-3-5-10(9)16-13(14)17-12/h6-7H,2-5,8H2,1H3,(H2,14,16,17). The molecule has 3 rings (SSSR count). The predicted octanol–water partition coefficient (Wildman–Crippen LogP) is 2.03. The molecule has 1 aliphatic carbocycles. The van der Waals surface area contributed by atoms with Crippen LogP contribution in [0.5, 0.6) is 0 Å². The number of nitrogens with zero attached hydrogens (tertiary/aromatic N) is 4. The maximum absolute atomic E-state index is 5.83. The number of anilines is 2. The number of nitrogen functional groups attached to an aromatic ring is 1. The molecule has 0 aliphatic heterocycles. The predicted molar refractivity (Wildman–Crippen MR) is 77.3 cm³/mol. The van der Waals surface area contributed by atoms with E-state index in [0.717, 1.165) is 35.9 Å². The summed E-state index contributed by atoms with van der Waals surface area (Å²) in [7, 11) is 2.04. The summed E-state index contributed by atoms with van der Waals surface area (Å²) < 4.78 is 0. The Balaban J connectivity index is 1.92. The maximum atomic E-state index is 5.83. The van der Waals surface area contributed by atoms with E-state index < -0.39 is 0 Å². The van der Waals surface area contributed by atoms with Crippen molar-refractivity contribution in [3.05, 3.63) is 27.8 Å². The van der Waals surface area contributed by atoms with Crippen LogP contribution in [0.4, 0.5) is 11.8 Å². The fourth-order valence-electron chi connectivity index (χ4n) is 2.52. The van der Waals surface area contributed by atoms with Crippen LogP contribution >= 0.6 is 11.3 Å². The van der Waals surface area contributed by atoms with Gasteiger partial charge in [0, 0.05) is 24.2 Å². The van der Waals surface area contributed by atoms with Crippen molar-refractivity contribution in [3.8, 4) is 0 Å². The normalized spacial score (nSPS) is 14.2. The zero-order chi connectivity index (χ0) is 13.2. The van der Waals surface area contributed by atoms with Crippen molar-refractivity contribution in [3.63, 3.8) is 0 Å². The Morgan fingerprint density at radius 2 is 2.16 bits per heavy atom. The third-order valence-electron chi connectivity index (χ3n) is 3.40. The minimum atomic E-state index is 0.377. The maximum Gasteiger partial charge on any atom is 0.222 e. The molecule has 2 N–H and O–H groups in total. The number of aromatic nitrogens is 3. The van der Waals surface area contributed by atoms with Gasteiger partial charge in [-0.25, -0.2) is 9.97 Å². The van der Waals surface area contributed by atoms with E-state index in [1.807, 2.05) is 18.6 Å². The summed E-state index contributed by atoms with van der Waals surface area (Å²) in [5.41, 5.74) is 8.22. The van der Waals surface area contributed by atoms with Crippen LogP contribution in [0.1, 0.15) is 29.1 Å². The Kier molecular flexibility index (Phi) is 3.33. The molecule has 0 amide bonds. The molecule has 0 saturated heterocycles. The Labute approximate surface area is 116 Å². The van der Waals surface area contributed by atoms with Crippen molar-refractivity contribution >= 4 is 23.1 Å². The molecule has 19 heavy (non-hydrogen) atoms. The van der Waals surface area contributed by atoms with Gasteiger partial charge in [-0.05, 0) is 25.7 Å². The summed E-state index contributed by atoms with van der Waals surface area (Å²) in [5.74, 6) is 1.35. The van der Waals surface area contributed by atoms with Gasteiger partial charge in [-0.15, -0.1) is 11.3 Å². The Morgan fingerprint density at radius 1 is 1.32 bits per heavy atom. The number of hydrogen-bond donors (Lipinski definition) is 1. The lowest BCUT2D eigenvalue weighted by molar-refractivity contribution is 0.659. The van der Waals surface area contributed by atoms with E-state index in [0.29, 0.717) is 5.95 Å². The molecule has 1 aliphatic rings. The van der Waals surface area contributed by atoms with E-state index in [9.17, 15) is 0 Å². The van der Waals surface area contributed by atoms with Crippen molar-refractivity contribution in [2.24, 2.45) is 0 Å². The summed E-state index contributed by atoms with van der Waals surface area (Å²) in [6.07, 6.45) is 6.29. The molecule has 0 spiro atoms. The molecule has 0 bridgehead atoms. The van der Waals surface area contributed by atoms with Gasteiger partial charge in [0.25, 0.3) is 0 Å². The second-order valence-electron chi connectivity index (χ2n) is 4.82. The average Bonchev–Trinajstić information content (AvgIpc) is 2.90. The first-order valence-corrected chi connectivity index (χ1v) is 7.37. The third-order valence-corrected chi connectivity index (χ3v) is 4.16. The van der Waals surface area contributed by atoms with Gasteiger partial charge in [0.2, 0.25) is 5.95 Å². The molecule has 0 unspecified atom stereocenters. The molecule has 0 aromatic carbocycles. The lowest BCUT2D eigenvalue weighted by atomic mass is 9.96. The van der Waals surface area contributed by atoms with Crippen LogP contribution in [0, 0.1) is 0 Å². The van der Waals surface area contributed by atoms with Gasteiger partial charge in [0.1, 0.15) is 10.8 Å². The largest absolute Gasteiger partial charge is 0.368 e. The fraction of sp³-hybridized carbons (Fsp3) is 0.462. The molecule has 5 nitrogen and oxygen atoms in total. The molecule has 2 heterocycles.